The van der Waals surface area contributed by atoms with Crippen molar-refractivity contribution in [2.45, 2.75) is 18.0 Å². The summed E-state index contributed by atoms with van der Waals surface area (Å²) >= 11 is 0. The number of hydrogen-bond acceptors (Lipinski definition) is 4. The highest BCUT2D eigenvalue weighted by molar-refractivity contribution is 7.90. The molecule has 0 unspecified atom stereocenters. The molecule has 1 amide bonds. The second-order valence-electron chi connectivity index (χ2n) is 7.23. The maximum Gasteiger partial charge on any atom is 0.249 e. The lowest BCUT2D eigenvalue weighted by Gasteiger charge is -2.12. The minimum absolute atomic E-state index is 0.281. The van der Waals surface area contributed by atoms with Crippen molar-refractivity contribution in [2.75, 3.05) is 13.4 Å². The third-order valence-corrected chi connectivity index (χ3v) is 6.33. The van der Waals surface area contributed by atoms with Crippen molar-refractivity contribution < 1.29 is 17.9 Å². The highest BCUT2D eigenvalue weighted by Crippen LogP contribution is 2.33. The number of hydrogen-bond donors (Lipinski definition) is 1. The van der Waals surface area contributed by atoms with Crippen molar-refractivity contribution in [3.63, 3.8) is 0 Å². The summed E-state index contributed by atoms with van der Waals surface area (Å²) in [7, 11) is -1.78. The zero-order chi connectivity index (χ0) is 21.5. The average Bonchev–Trinajstić information content (AvgIpc) is 3.01. The minimum Gasteiger partial charge on any atom is -0.380 e. The first-order valence-corrected chi connectivity index (χ1v) is 11.2. The number of aromatic nitrogens is 1. The third-order valence-electron chi connectivity index (χ3n) is 5.13. The van der Waals surface area contributed by atoms with E-state index in [1.807, 2.05) is 28.8 Å². The van der Waals surface area contributed by atoms with Crippen LogP contribution in [0.2, 0.25) is 0 Å². The summed E-state index contributed by atoms with van der Waals surface area (Å²) in [5.74, 6) is -0.523. The summed E-state index contributed by atoms with van der Waals surface area (Å²) in [6.07, 6.45) is 1.20. The van der Waals surface area contributed by atoms with Crippen LogP contribution in [0.4, 0.5) is 0 Å². The van der Waals surface area contributed by atoms with Crippen LogP contribution in [0, 0.1) is 6.07 Å². The SMILES string of the molecule is COCc1c[c]c2c3c(C(N)=O)cccc3n(Cc3ccccc3S(C)(=O)=O)c2c1. The van der Waals surface area contributed by atoms with E-state index in [-0.39, 0.29) is 4.90 Å². The number of carbonyl (C=O) groups is 1. The lowest BCUT2D eigenvalue weighted by molar-refractivity contribution is 0.100. The molecule has 0 aliphatic heterocycles. The molecule has 0 saturated heterocycles. The summed E-state index contributed by atoms with van der Waals surface area (Å²) in [6.45, 7) is 0.728. The minimum atomic E-state index is -3.40. The van der Waals surface area contributed by atoms with Crippen LogP contribution >= 0.6 is 0 Å². The highest BCUT2D eigenvalue weighted by Gasteiger charge is 2.19. The van der Waals surface area contributed by atoms with Crippen LogP contribution in [0.3, 0.4) is 0 Å². The second-order valence-corrected chi connectivity index (χ2v) is 9.22. The third kappa shape index (κ3) is 3.46. The highest BCUT2D eigenvalue weighted by atomic mass is 32.2. The summed E-state index contributed by atoms with van der Waals surface area (Å²) in [4.78, 5) is 12.4. The number of benzene rings is 3. The maximum absolute atomic E-state index is 12.3. The Morgan fingerprint density at radius 2 is 1.90 bits per heavy atom. The Labute approximate surface area is 174 Å². The molecule has 0 saturated carbocycles. The number of amides is 1. The van der Waals surface area contributed by atoms with Gasteiger partial charge >= 0.3 is 0 Å². The number of methoxy groups -OCH3 is 1. The van der Waals surface area contributed by atoms with Crippen molar-refractivity contribution >= 4 is 37.6 Å². The monoisotopic (exact) mass is 421 g/mol. The molecular formula is C23H21N2O4S. The van der Waals surface area contributed by atoms with Gasteiger partial charge in [-0.3, -0.25) is 4.79 Å². The van der Waals surface area contributed by atoms with E-state index in [0.717, 1.165) is 22.0 Å². The van der Waals surface area contributed by atoms with Crippen molar-refractivity contribution in [3.8, 4) is 0 Å². The molecule has 0 aliphatic carbocycles. The molecule has 0 bridgehead atoms. The molecule has 0 atom stereocenters. The van der Waals surface area contributed by atoms with Gasteiger partial charge in [-0.05, 0) is 47.5 Å². The first kappa shape index (κ1) is 20.1. The molecule has 7 heteroatoms. The Hall–Kier alpha value is -3.16. The smallest absolute Gasteiger partial charge is 0.249 e. The van der Waals surface area contributed by atoms with Gasteiger partial charge in [0.25, 0.3) is 0 Å². The number of sulfone groups is 1. The molecule has 153 valence electrons. The van der Waals surface area contributed by atoms with E-state index in [4.69, 9.17) is 10.5 Å². The van der Waals surface area contributed by atoms with Gasteiger partial charge in [0, 0.05) is 36.2 Å². The molecule has 4 rings (SSSR count). The van der Waals surface area contributed by atoms with E-state index in [9.17, 15) is 13.2 Å². The summed E-state index contributed by atoms with van der Waals surface area (Å²) in [5.41, 5.74) is 9.24. The molecule has 2 N–H and O–H groups in total. The number of fused-ring (bicyclic) bond motifs is 3. The molecule has 3 aromatic carbocycles. The number of primary amides is 1. The fourth-order valence-corrected chi connectivity index (χ4v) is 4.83. The van der Waals surface area contributed by atoms with Crippen LogP contribution in [-0.2, 0) is 27.7 Å². The molecule has 1 radical (unpaired) electrons. The van der Waals surface area contributed by atoms with E-state index in [2.05, 4.69) is 6.07 Å². The van der Waals surface area contributed by atoms with Gasteiger partial charge in [0.2, 0.25) is 5.91 Å². The fourth-order valence-electron chi connectivity index (χ4n) is 3.89. The molecule has 0 spiro atoms. The van der Waals surface area contributed by atoms with Crippen LogP contribution in [0.25, 0.3) is 21.8 Å². The lowest BCUT2D eigenvalue weighted by Crippen LogP contribution is -2.11. The predicted molar refractivity (Wildman–Crippen MR) is 116 cm³/mol. The molecule has 1 heterocycles. The van der Waals surface area contributed by atoms with E-state index < -0.39 is 15.7 Å². The Morgan fingerprint density at radius 3 is 2.60 bits per heavy atom. The van der Waals surface area contributed by atoms with Crippen LogP contribution < -0.4 is 5.73 Å². The van der Waals surface area contributed by atoms with E-state index in [0.29, 0.717) is 29.7 Å². The van der Waals surface area contributed by atoms with Crippen LogP contribution in [0.15, 0.2) is 59.5 Å². The molecule has 6 nitrogen and oxygen atoms in total. The van der Waals surface area contributed by atoms with Gasteiger partial charge in [0.1, 0.15) is 0 Å². The van der Waals surface area contributed by atoms with Crippen molar-refractivity contribution in [3.05, 3.63) is 77.4 Å². The fraction of sp³-hybridized carbons (Fsp3) is 0.174. The van der Waals surface area contributed by atoms with E-state index in [1.54, 1.807) is 37.4 Å². The standard InChI is InChI=1S/C23H21N2O4S/c1-29-14-15-10-11-17-20(12-15)25(19-8-5-7-18(22(17)19)23(24)26)13-16-6-3-4-9-21(16)30(2,27)28/h3-10,12H,13-14H2,1-2H3,(H2,24,26). The van der Waals surface area contributed by atoms with Crippen LogP contribution in [-0.4, -0.2) is 32.3 Å². The van der Waals surface area contributed by atoms with Gasteiger partial charge < -0.3 is 15.0 Å². The first-order chi connectivity index (χ1) is 14.3. The summed E-state index contributed by atoms with van der Waals surface area (Å²) < 4.78 is 31.8. The largest absolute Gasteiger partial charge is 0.380 e. The Kier molecular flexibility index (Phi) is 5.09. The predicted octanol–water partition coefficient (Wildman–Crippen LogP) is 3.29. The summed E-state index contributed by atoms with van der Waals surface area (Å²) in [5, 5.41) is 1.47. The molecular weight excluding hydrogens is 400 g/mol. The van der Waals surface area contributed by atoms with Crippen LogP contribution in [0.5, 0.6) is 0 Å². The topological polar surface area (TPSA) is 91.4 Å². The molecule has 4 aromatic rings. The van der Waals surface area contributed by atoms with Gasteiger partial charge in [0.05, 0.1) is 22.5 Å². The van der Waals surface area contributed by atoms with Crippen molar-refractivity contribution in [2.24, 2.45) is 5.73 Å². The molecule has 30 heavy (non-hydrogen) atoms. The lowest BCUT2D eigenvalue weighted by atomic mass is 10.0. The van der Waals surface area contributed by atoms with E-state index in [1.165, 1.54) is 6.26 Å². The number of nitrogens with two attached hydrogens (primary N) is 1. The number of ether oxygens (including phenoxy) is 1. The Morgan fingerprint density at radius 1 is 1.13 bits per heavy atom. The normalized spacial score (nSPS) is 11.9. The molecule has 0 aliphatic rings. The summed E-state index contributed by atoms with van der Waals surface area (Å²) in [6, 6.07) is 19.4. The number of carbonyl (C=O) groups excluding carboxylic acids is 1. The average molecular weight is 421 g/mol. The van der Waals surface area contributed by atoms with Gasteiger partial charge in [-0.15, -0.1) is 0 Å². The Balaban J connectivity index is 2.04. The van der Waals surface area contributed by atoms with Gasteiger partial charge in [-0.25, -0.2) is 8.42 Å². The zero-order valence-electron chi connectivity index (χ0n) is 16.7. The van der Waals surface area contributed by atoms with Gasteiger partial charge in [-0.2, -0.15) is 0 Å². The first-order valence-electron chi connectivity index (χ1n) is 9.33. The Bertz CT molecular complexity index is 1390. The molecule has 0 fully saturated rings. The van der Waals surface area contributed by atoms with Gasteiger partial charge in [0.15, 0.2) is 9.84 Å². The van der Waals surface area contributed by atoms with Gasteiger partial charge in [-0.1, -0.05) is 24.3 Å². The quantitative estimate of drug-likeness (QED) is 0.517. The van der Waals surface area contributed by atoms with Crippen LogP contribution in [0.1, 0.15) is 21.5 Å². The van der Waals surface area contributed by atoms with Crippen molar-refractivity contribution in [1.29, 1.82) is 0 Å². The molecule has 1 aromatic heterocycles. The number of rotatable bonds is 6. The van der Waals surface area contributed by atoms with E-state index >= 15 is 0 Å². The second kappa shape index (κ2) is 7.59. The maximum atomic E-state index is 12.3. The zero-order valence-corrected chi connectivity index (χ0v) is 17.5. The number of nitrogens with zero attached hydrogens (tertiary/aromatic N) is 1. The van der Waals surface area contributed by atoms with Crippen molar-refractivity contribution in [1.82, 2.24) is 4.57 Å².